The summed E-state index contributed by atoms with van der Waals surface area (Å²) in [4.78, 5) is 18.5. The van der Waals surface area contributed by atoms with Gasteiger partial charge in [0.2, 0.25) is 0 Å². The molecule has 104 valence electrons. The molecule has 0 radical (unpaired) electrons. The van der Waals surface area contributed by atoms with Crippen molar-refractivity contribution in [2.24, 2.45) is 0 Å². The quantitative estimate of drug-likeness (QED) is 0.718. The number of carbonyl (C=O) groups is 1. The fourth-order valence-corrected chi connectivity index (χ4v) is 2.61. The van der Waals surface area contributed by atoms with Crippen LogP contribution < -0.4 is 0 Å². The predicted octanol–water partition coefficient (Wildman–Crippen LogP) is 3.51. The molecular weight excluding hydrogens is 240 g/mol. The first-order chi connectivity index (χ1) is 8.69. The molecule has 1 aliphatic heterocycles. The zero-order valence-corrected chi connectivity index (χ0v) is 12.6. The van der Waals surface area contributed by atoms with Crippen LogP contribution in [0.4, 0.5) is 4.79 Å². The second-order valence-corrected chi connectivity index (χ2v) is 6.23. The van der Waals surface area contributed by atoms with Crippen molar-refractivity contribution in [2.75, 3.05) is 0 Å². The number of aromatic nitrogens is 1. The summed E-state index contributed by atoms with van der Waals surface area (Å²) in [6.07, 6.45) is -0.268. The minimum Gasteiger partial charge on any atom is -0.444 e. The van der Waals surface area contributed by atoms with Crippen LogP contribution in [-0.4, -0.2) is 21.6 Å². The van der Waals surface area contributed by atoms with E-state index in [-0.39, 0.29) is 12.1 Å². The van der Waals surface area contributed by atoms with Crippen molar-refractivity contribution in [1.29, 1.82) is 0 Å². The maximum Gasteiger partial charge on any atom is 0.411 e. The van der Waals surface area contributed by atoms with E-state index in [9.17, 15) is 4.79 Å². The molecular formula is C15H22N2O2. The highest BCUT2D eigenvalue weighted by Crippen LogP contribution is 2.35. The average molecular weight is 262 g/mol. The lowest BCUT2D eigenvalue weighted by molar-refractivity contribution is 0.0186. The number of carbonyl (C=O) groups excluding carboxylic acids is 1. The molecule has 0 aliphatic carbocycles. The van der Waals surface area contributed by atoms with Crippen LogP contribution in [0.1, 0.15) is 56.3 Å². The summed E-state index contributed by atoms with van der Waals surface area (Å²) in [6, 6.07) is 2.09. The van der Waals surface area contributed by atoms with Gasteiger partial charge in [0.05, 0.1) is 18.3 Å². The summed E-state index contributed by atoms with van der Waals surface area (Å²) in [5.41, 5.74) is 3.88. The Morgan fingerprint density at radius 2 is 2.05 bits per heavy atom. The van der Waals surface area contributed by atoms with Gasteiger partial charge in [0, 0.05) is 11.3 Å². The van der Waals surface area contributed by atoms with Crippen LogP contribution in [0, 0.1) is 13.8 Å². The summed E-state index contributed by atoms with van der Waals surface area (Å²) in [7, 11) is 0. The third-order valence-corrected chi connectivity index (χ3v) is 3.31. The maximum absolute atomic E-state index is 12.2. The van der Waals surface area contributed by atoms with Gasteiger partial charge in [-0.2, -0.15) is 0 Å². The van der Waals surface area contributed by atoms with Crippen LogP contribution in [0.2, 0.25) is 0 Å². The van der Waals surface area contributed by atoms with E-state index in [4.69, 9.17) is 4.74 Å². The number of aryl methyl sites for hydroxylation is 2. The zero-order chi connectivity index (χ0) is 14.4. The largest absolute Gasteiger partial charge is 0.444 e. The first kappa shape index (κ1) is 13.8. The van der Waals surface area contributed by atoms with E-state index in [1.807, 2.05) is 34.6 Å². The fraction of sp³-hybridized carbons (Fsp3) is 0.600. The number of pyridine rings is 1. The van der Waals surface area contributed by atoms with E-state index in [1.165, 1.54) is 5.56 Å². The molecule has 0 N–H and O–H groups in total. The molecule has 4 heteroatoms. The lowest BCUT2D eigenvalue weighted by Gasteiger charge is -2.27. The summed E-state index contributed by atoms with van der Waals surface area (Å²) in [5.74, 6) is 0. The number of rotatable bonds is 0. The molecule has 2 rings (SSSR count). The normalized spacial score (nSPS) is 18.4. The van der Waals surface area contributed by atoms with Crippen molar-refractivity contribution in [3.63, 3.8) is 0 Å². The standard InChI is InChI=1S/C15H22N2O2/c1-9-7-10(2)16-12-8-17(11(3)13(9)12)14(18)19-15(4,5)6/h7,11H,8H2,1-6H3. The molecule has 1 aliphatic rings. The first-order valence-corrected chi connectivity index (χ1v) is 6.65. The third kappa shape index (κ3) is 2.72. The van der Waals surface area contributed by atoms with Gasteiger partial charge in [-0.25, -0.2) is 4.79 Å². The van der Waals surface area contributed by atoms with E-state index >= 15 is 0 Å². The molecule has 0 saturated carbocycles. The van der Waals surface area contributed by atoms with Crippen molar-refractivity contribution < 1.29 is 9.53 Å². The van der Waals surface area contributed by atoms with Gasteiger partial charge >= 0.3 is 6.09 Å². The fourth-order valence-electron chi connectivity index (χ4n) is 2.61. The Morgan fingerprint density at radius 1 is 1.42 bits per heavy atom. The molecule has 19 heavy (non-hydrogen) atoms. The minimum atomic E-state index is -0.468. The highest BCUT2D eigenvalue weighted by molar-refractivity contribution is 5.70. The smallest absolute Gasteiger partial charge is 0.411 e. The lowest BCUT2D eigenvalue weighted by atomic mass is 10.0. The molecule has 1 aromatic rings. The molecule has 1 atom stereocenters. The van der Waals surface area contributed by atoms with E-state index < -0.39 is 5.60 Å². The number of ether oxygens (including phenoxy) is 1. The van der Waals surface area contributed by atoms with Crippen molar-refractivity contribution >= 4 is 6.09 Å². The molecule has 2 heterocycles. The van der Waals surface area contributed by atoms with Crippen LogP contribution in [0.3, 0.4) is 0 Å². The summed E-state index contributed by atoms with van der Waals surface area (Å²) < 4.78 is 5.45. The van der Waals surface area contributed by atoms with Crippen LogP contribution in [0.15, 0.2) is 6.07 Å². The van der Waals surface area contributed by atoms with Gasteiger partial charge < -0.3 is 4.74 Å². The van der Waals surface area contributed by atoms with E-state index in [1.54, 1.807) is 4.90 Å². The molecule has 0 spiro atoms. The lowest BCUT2D eigenvalue weighted by Crippen LogP contribution is -2.35. The monoisotopic (exact) mass is 262 g/mol. The third-order valence-electron chi connectivity index (χ3n) is 3.31. The molecule has 0 saturated heterocycles. The van der Waals surface area contributed by atoms with E-state index in [2.05, 4.69) is 18.0 Å². The first-order valence-electron chi connectivity index (χ1n) is 6.65. The van der Waals surface area contributed by atoms with Crippen molar-refractivity contribution in [3.8, 4) is 0 Å². The molecule has 0 bridgehead atoms. The number of nitrogens with zero attached hydrogens (tertiary/aromatic N) is 2. The van der Waals surface area contributed by atoms with Gasteiger partial charge in [0.1, 0.15) is 5.60 Å². The second-order valence-electron chi connectivity index (χ2n) is 6.23. The second kappa shape index (κ2) is 4.51. The molecule has 0 aromatic carbocycles. The number of fused-ring (bicyclic) bond motifs is 1. The van der Waals surface area contributed by atoms with Gasteiger partial charge in [-0.1, -0.05) is 0 Å². The Morgan fingerprint density at radius 3 is 2.63 bits per heavy atom. The van der Waals surface area contributed by atoms with Crippen molar-refractivity contribution in [1.82, 2.24) is 9.88 Å². The van der Waals surface area contributed by atoms with Gasteiger partial charge in [-0.15, -0.1) is 0 Å². The Bertz CT molecular complexity index is 518. The SMILES string of the molecule is Cc1cc(C)c2c(n1)CN(C(=O)OC(C)(C)C)C2C. The zero-order valence-electron chi connectivity index (χ0n) is 12.6. The predicted molar refractivity (Wildman–Crippen MR) is 73.9 cm³/mol. The molecule has 1 unspecified atom stereocenters. The molecule has 4 nitrogen and oxygen atoms in total. The topological polar surface area (TPSA) is 42.4 Å². The summed E-state index contributed by atoms with van der Waals surface area (Å²) in [5, 5.41) is 0. The number of hydrogen-bond donors (Lipinski definition) is 0. The van der Waals surface area contributed by atoms with Gasteiger partial charge in [0.25, 0.3) is 0 Å². The summed E-state index contributed by atoms with van der Waals surface area (Å²) in [6.45, 7) is 12.3. The molecule has 1 amide bonds. The van der Waals surface area contributed by atoms with Gasteiger partial charge in [-0.05, 0) is 53.2 Å². The van der Waals surface area contributed by atoms with Crippen molar-refractivity contribution in [3.05, 3.63) is 28.6 Å². The highest BCUT2D eigenvalue weighted by atomic mass is 16.6. The van der Waals surface area contributed by atoms with Crippen LogP contribution >= 0.6 is 0 Å². The Kier molecular flexibility index (Phi) is 3.29. The molecule has 1 aromatic heterocycles. The van der Waals surface area contributed by atoms with E-state index in [0.717, 1.165) is 17.0 Å². The number of amides is 1. The number of hydrogen-bond acceptors (Lipinski definition) is 3. The van der Waals surface area contributed by atoms with Crippen LogP contribution in [0.5, 0.6) is 0 Å². The highest BCUT2D eigenvalue weighted by Gasteiger charge is 2.35. The van der Waals surface area contributed by atoms with Crippen molar-refractivity contribution in [2.45, 2.75) is 59.7 Å². The Hall–Kier alpha value is -1.58. The molecule has 0 fully saturated rings. The minimum absolute atomic E-state index is 0.0259. The van der Waals surface area contributed by atoms with Crippen LogP contribution in [0.25, 0.3) is 0 Å². The Balaban J connectivity index is 2.26. The average Bonchev–Trinajstić information content (AvgIpc) is 2.53. The summed E-state index contributed by atoms with van der Waals surface area (Å²) >= 11 is 0. The maximum atomic E-state index is 12.2. The van der Waals surface area contributed by atoms with Gasteiger partial charge in [0.15, 0.2) is 0 Å². The Labute approximate surface area is 114 Å². The van der Waals surface area contributed by atoms with Crippen LogP contribution in [-0.2, 0) is 11.3 Å². The van der Waals surface area contributed by atoms with Gasteiger partial charge in [-0.3, -0.25) is 9.88 Å². The van der Waals surface area contributed by atoms with E-state index in [0.29, 0.717) is 6.54 Å².